The normalized spacial score (nSPS) is 16.9. The summed E-state index contributed by atoms with van der Waals surface area (Å²) in [6, 6.07) is 10.5. The number of imidazole rings is 1. The summed E-state index contributed by atoms with van der Waals surface area (Å²) in [4.78, 5) is 16.7. The van der Waals surface area contributed by atoms with Crippen molar-refractivity contribution in [2.45, 2.75) is 58.2 Å². The molecule has 0 aliphatic carbocycles. The Kier molecular flexibility index (Phi) is 6.47. The van der Waals surface area contributed by atoms with E-state index >= 15 is 0 Å². The zero-order chi connectivity index (χ0) is 24.7. The van der Waals surface area contributed by atoms with Crippen molar-refractivity contribution in [3.05, 3.63) is 65.2 Å². The lowest BCUT2D eigenvalue weighted by atomic mass is 9.92. The lowest BCUT2D eigenvalue weighted by molar-refractivity contribution is 0.156. The molecule has 1 atom stereocenters. The topological polar surface area (TPSA) is 58.3 Å². The summed E-state index contributed by atoms with van der Waals surface area (Å²) in [6.45, 7) is 10.2. The van der Waals surface area contributed by atoms with Crippen molar-refractivity contribution in [2.75, 3.05) is 11.9 Å². The van der Waals surface area contributed by atoms with Gasteiger partial charge in [-0.1, -0.05) is 29.3 Å². The lowest BCUT2D eigenvalue weighted by Gasteiger charge is -2.40. The van der Waals surface area contributed by atoms with Crippen molar-refractivity contribution in [2.24, 2.45) is 0 Å². The molecule has 8 heteroatoms. The van der Waals surface area contributed by atoms with Crippen LogP contribution in [0.25, 0.3) is 28.0 Å². The number of likely N-dealkylation sites (tertiary alicyclic amines) is 1. The number of rotatable bonds is 6. The number of nitrogens with one attached hydrogen (secondary N) is 1. The Bertz CT molecular complexity index is 1350. The number of anilines is 1. The van der Waals surface area contributed by atoms with Crippen molar-refractivity contribution in [1.29, 1.82) is 0 Å². The molecule has 1 saturated heterocycles. The number of fused-ring (bicyclic) bond motifs is 1. The summed E-state index contributed by atoms with van der Waals surface area (Å²) in [5.74, 6) is 0.758. The third-order valence-electron chi connectivity index (χ3n) is 6.93. The van der Waals surface area contributed by atoms with Crippen LogP contribution < -0.4 is 5.32 Å². The van der Waals surface area contributed by atoms with E-state index < -0.39 is 0 Å². The minimum atomic E-state index is -0.203. The van der Waals surface area contributed by atoms with E-state index in [0.29, 0.717) is 22.1 Å². The highest BCUT2D eigenvalue weighted by Gasteiger charge is 2.39. The molecular weight excluding hydrogens is 479 g/mol. The van der Waals surface area contributed by atoms with Gasteiger partial charge in [-0.15, -0.1) is 0 Å². The molecule has 0 saturated carbocycles. The van der Waals surface area contributed by atoms with Crippen molar-refractivity contribution >= 4 is 34.8 Å². The second kappa shape index (κ2) is 9.41. The van der Waals surface area contributed by atoms with Gasteiger partial charge in [0.15, 0.2) is 0 Å². The fourth-order valence-electron chi connectivity index (χ4n) is 5.26. The van der Waals surface area contributed by atoms with E-state index in [-0.39, 0.29) is 5.54 Å². The quantitative estimate of drug-likeness (QED) is 0.309. The molecule has 1 aromatic carbocycles. The van der Waals surface area contributed by atoms with Gasteiger partial charge in [-0.2, -0.15) is 0 Å². The number of nitrogens with zero attached hydrogens (tertiary/aromatic N) is 5. The third kappa shape index (κ3) is 4.51. The molecule has 182 valence electrons. The van der Waals surface area contributed by atoms with Crippen LogP contribution in [0.3, 0.4) is 0 Å². The molecule has 1 N–H and O–H groups in total. The summed E-state index contributed by atoms with van der Waals surface area (Å²) in [7, 11) is 0. The monoisotopic (exact) mass is 508 g/mol. The van der Waals surface area contributed by atoms with Crippen LogP contribution in [0.2, 0.25) is 10.0 Å². The Balaban J connectivity index is 1.68. The smallest absolute Gasteiger partial charge is 0.209 e. The maximum atomic E-state index is 6.41. The van der Waals surface area contributed by atoms with E-state index in [4.69, 9.17) is 33.2 Å². The van der Waals surface area contributed by atoms with Crippen molar-refractivity contribution in [3.8, 4) is 22.4 Å². The predicted molar refractivity (Wildman–Crippen MR) is 144 cm³/mol. The Hall–Kier alpha value is -2.67. The van der Waals surface area contributed by atoms with Gasteiger partial charge in [0.25, 0.3) is 0 Å². The number of hydrogen-bond acceptors (Lipinski definition) is 5. The van der Waals surface area contributed by atoms with Gasteiger partial charge in [-0.25, -0.2) is 9.97 Å². The van der Waals surface area contributed by atoms with Gasteiger partial charge in [0.05, 0.1) is 26.8 Å². The first-order valence-electron chi connectivity index (χ1n) is 12.0. The molecule has 1 fully saturated rings. The molecule has 0 amide bonds. The molecule has 3 aromatic heterocycles. The molecule has 0 bridgehead atoms. The van der Waals surface area contributed by atoms with Crippen LogP contribution >= 0.6 is 23.2 Å². The zero-order valence-electron chi connectivity index (χ0n) is 20.5. The van der Waals surface area contributed by atoms with Crippen molar-refractivity contribution in [1.82, 2.24) is 24.3 Å². The van der Waals surface area contributed by atoms with Gasteiger partial charge in [0.1, 0.15) is 5.65 Å². The van der Waals surface area contributed by atoms with E-state index in [0.717, 1.165) is 46.9 Å². The Labute approximate surface area is 216 Å². The highest BCUT2D eigenvalue weighted by atomic mass is 35.5. The molecule has 0 unspecified atom stereocenters. The van der Waals surface area contributed by atoms with Gasteiger partial charge in [-0.05, 0) is 76.9 Å². The van der Waals surface area contributed by atoms with Gasteiger partial charge in [-0.3, -0.25) is 14.3 Å². The van der Waals surface area contributed by atoms with E-state index in [9.17, 15) is 0 Å². The standard InChI is InChI=1S/C27H30Cl2N6/c1-17(2)34-14-5-6-22(34)27(3,4)33-26-32-24(18-9-11-30-12-10-18)23(25-31-13-15-35(25)26)19-7-8-20(28)21(29)16-19/h7-13,15-17,22H,5-6,14H2,1-4H3,(H,32,33)/t22-/m0/s1. The van der Waals surface area contributed by atoms with Crippen molar-refractivity contribution in [3.63, 3.8) is 0 Å². The van der Waals surface area contributed by atoms with E-state index in [1.54, 1.807) is 12.4 Å². The van der Waals surface area contributed by atoms with Gasteiger partial charge in [0, 0.05) is 42.4 Å². The second-order valence-electron chi connectivity index (χ2n) is 9.98. The van der Waals surface area contributed by atoms with Crippen LogP contribution in [0.4, 0.5) is 5.95 Å². The molecule has 35 heavy (non-hydrogen) atoms. The van der Waals surface area contributed by atoms with E-state index in [1.807, 2.05) is 47.1 Å². The Morgan fingerprint density at radius 3 is 2.51 bits per heavy atom. The molecular formula is C27H30Cl2N6. The third-order valence-corrected chi connectivity index (χ3v) is 7.67. The predicted octanol–water partition coefficient (Wildman–Crippen LogP) is 6.83. The van der Waals surface area contributed by atoms with E-state index in [1.165, 1.54) is 6.42 Å². The molecule has 5 rings (SSSR count). The number of aromatic nitrogens is 4. The van der Waals surface area contributed by atoms with Gasteiger partial charge >= 0.3 is 0 Å². The lowest BCUT2D eigenvalue weighted by Crippen LogP contribution is -2.53. The average Bonchev–Trinajstić information content (AvgIpc) is 3.52. The SMILES string of the molecule is CC(C)N1CCC[C@H]1C(C)(C)Nc1nc(-c2ccncc2)c(-c2ccc(Cl)c(Cl)c2)c2nccn12. The molecule has 1 aliphatic heterocycles. The molecule has 4 aromatic rings. The van der Waals surface area contributed by atoms with Gasteiger partial charge in [0.2, 0.25) is 5.95 Å². The summed E-state index contributed by atoms with van der Waals surface area (Å²) in [5, 5.41) is 4.80. The summed E-state index contributed by atoms with van der Waals surface area (Å²) in [5.41, 5.74) is 4.17. The highest BCUT2D eigenvalue weighted by Crippen LogP contribution is 2.39. The first-order valence-corrected chi connectivity index (χ1v) is 12.8. The molecule has 0 spiro atoms. The first kappa shape index (κ1) is 24.0. The second-order valence-corrected chi connectivity index (χ2v) is 10.8. The number of halogens is 2. The highest BCUT2D eigenvalue weighted by molar-refractivity contribution is 6.42. The maximum Gasteiger partial charge on any atom is 0.209 e. The maximum absolute atomic E-state index is 6.41. The zero-order valence-corrected chi connectivity index (χ0v) is 22.0. The molecule has 6 nitrogen and oxygen atoms in total. The van der Waals surface area contributed by atoms with Crippen LogP contribution in [0, 0.1) is 0 Å². The minimum absolute atomic E-state index is 0.203. The van der Waals surface area contributed by atoms with Gasteiger partial charge < -0.3 is 5.32 Å². The van der Waals surface area contributed by atoms with E-state index in [2.05, 4.69) is 42.9 Å². The Morgan fingerprint density at radius 1 is 1.03 bits per heavy atom. The van der Waals surface area contributed by atoms with Crippen LogP contribution in [0.5, 0.6) is 0 Å². The summed E-state index contributed by atoms with van der Waals surface area (Å²) in [6.07, 6.45) is 9.68. The van der Waals surface area contributed by atoms with Crippen molar-refractivity contribution < 1.29 is 0 Å². The van der Waals surface area contributed by atoms with Crippen LogP contribution in [-0.2, 0) is 0 Å². The fraction of sp³-hybridized carbons (Fsp3) is 0.370. The van der Waals surface area contributed by atoms with Crippen LogP contribution in [0.15, 0.2) is 55.1 Å². The molecule has 0 radical (unpaired) electrons. The number of pyridine rings is 1. The average molecular weight is 509 g/mol. The van der Waals surface area contributed by atoms with Crippen LogP contribution in [-0.4, -0.2) is 48.4 Å². The molecule has 4 heterocycles. The van der Waals surface area contributed by atoms with Crippen LogP contribution in [0.1, 0.15) is 40.5 Å². The fourth-order valence-corrected chi connectivity index (χ4v) is 5.56. The largest absolute Gasteiger partial charge is 0.349 e. The first-order chi connectivity index (χ1) is 16.8. The number of benzene rings is 1. The Morgan fingerprint density at radius 2 is 1.80 bits per heavy atom. The summed E-state index contributed by atoms with van der Waals surface area (Å²) < 4.78 is 2.03. The summed E-state index contributed by atoms with van der Waals surface area (Å²) >= 11 is 12.6. The number of hydrogen-bond donors (Lipinski definition) is 1. The molecule has 1 aliphatic rings. The minimum Gasteiger partial charge on any atom is -0.349 e.